The van der Waals surface area contributed by atoms with E-state index in [-0.39, 0.29) is 24.5 Å². The summed E-state index contributed by atoms with van der Waals surface area (Å²) in [5, 5.41) is 2.64. The van der Waals surface area contributed by atoms with Crippen LogP contribution in [0.2, 0.25) is 0 Å². The van der Waals surface area contributed by atoms with Crippen LogP contribution in [0.25, 0.3) is 0 Å². The average molecular weight is 289 g/mol. The Balaban J connectivity index is 1.95. The fourth-order valence-corrected chi connectivity index (χ4v) is 1.98. The van der Waals surface area contributed by atoms with Gasteiger partial charge in [-0.15, -0.1) is 6.58 Å². The first-order chi connectivity index (χ1) is 10.2. The molecule has 0 aromatic heterocycles. The molecule has 1 aromatic carbocycles. The summed E-state index contributed by atoms with van der Waals surface area (Å²) < 4.78 is 11.1. The van der Waals surface area contributed by atoms with E-state index in [4.69, 9.17) is 9.47 Å². The fraction of sp³-hybridized carbons (Fsp3) is 0.375. The number of hydrogen-bond donors (Lipinski definition) is 1. The summed E-state index contributed by atoms with van der Waals surface area (Å²) in [5.74, 6) is 1.01. The number of carbonyl (C=O) groups excluding carboxylic acids is 2. The Morgan fingerprint density at radius 1 is 1.19 bits per heavy atom. The topological polar surface area (TPSA) is 64.6 Å². The first kappa shape index (κ1) is 15.1. The SMILES string of the molecule is C=CCNC(=O)CCC(=O)c1ccc2c(c1)OCCCO2. The number of rotatable bonds is 6. The summed E-state index contributed by atoms with van der Waals surface area (Å²) in [5.41, 5.74) is 0.538. The molecule has 1 aliphatic heterocycles. The van der Waals surface area contributed by atoms with Crippen molar-refractivity contribution in [2.45, 2.75) is 19.3 Å². The molecule has 0 bridgehead atoms. The highest BCUT2D eigenvalue weighted by Crippen LogP contribution is 2.30. The van der Waals surface area contributed by atoms with Gasteiger partial charge in [0.05, 0.1) is 13.2 Å². The van der Waals surface area contributed by atoms with E-state index in [1.165, 1.54) is 0 Å². The molecule has 0 atom stereocenters. The third kappa shape index (κ3) is 4.34. The van der Waals surface area contributed by atoms with Gasteiger partial charge in [-0.3, -0.25) is 9.59 Å². The highest BCUT2D eigenvalue weighted by molar-refractivity contribution is 5.98. The highest BCUT2D eigenvalue weighted by Gasteiger charge is 2.14. The third-order valence-corrected chi connectivity index (χ3v) is 3.09. The van der Waals surface area contributed by atoms with Gasteiger partial charge in [-0.25, -0.2) is 0 Å². The lowest BCUT2D eigenvalue weighted by atomic mass is 10.1. The van der Waals surface area contributed by atoms with Gasteiger partial charge in [0, 0.05) is 31.4 Å². The molecule has 0 spiro atoms. The quantitative estimate of drug-likeness (QED) is 0.643. The van der Waals surface area contributed by atoms with E-state index in [1.807, 2.05) is 0 Å². The van der Waals surface area contributed by atoms with Gasteiger partial charge < -0.3 is 14.8 Å². The third-order valence-electron chi connectivity index (χ3n) is 3.09. The van der Waals surface area contributed by atoms with E-state index in [9.17, 15) is 9.59 Å². The van der Waals surface area contributed by atoms with Crippen molar-refractivity contribution >= 4 is 11.7 Å². The highest BCUT2D eigenvalue weighted by atomic mass is 16.5. The molecule has 1 amide bonds. The zero-order valence-electron chi connectivity index (χ0n) is 11.9. The summed E-state index contributed by atoms with van der Waals surface area (Å²) in [6.45, 7) is 5.12. The van der Waals surface area contributed by atoms with Crippen molar-refractivity contribution in [2.24, 2.45) is 0 Å². The zero-order chi connectivity index (χ0) is 15.1. The summed E-state index contributed by atoms with van der Waals surface area (Å²) in [6.07, 6.45) is 2.76. The van der Waals surface area contributed by atoms with Gasteiger partial charge >= 0.3 is 0 Å². The Morgan fingerprint density at radius 3 is 2.71 bits per heavy atom. The maximum atomic E-state index is 12.1. The normalized spacial score (nSPS) is 13.1. The lowest BCUT2D eigenvalue weighted by molar-refractivity contribution is -0.120. The van der Waals surface area contributed by atoms with Crippen molar-refractivity contribution in [3.63, 3.8) is 0 Å². The minimum absolute atomic E-state index is 0.0839. The van der Waals surface area contributed by atoms with E-state index in [2.05, 4.69) is 11.9 Å². The minimum atomic E-state index is -0.155. The second-order valence-corrected chi connectivity index (χ2v) is 4.73. The van der Waals surface area contributed by atoms with Crippen molar-refractivity contribution in [3.8, 4) is 11.5 Å². The second-order valence-electron chi connectivity index (χ2n) is 4.73. The molecule has 0 unspecified atom stereocenters. The van der Waals surface area contributed by atoms with E-state index >= 15 is 0 Å². The van der Waals surface area contributed by atoms with E-state index < -0.39 is 0 Å². The molecule has 1 N–H and O–H groups in total. The molecule has 0 saturated heterocycles. The molecule has 112 valence electrons. The van der Waals surface area contributed by atoms with Gasteiger partial charge in [0.1, 0.15) is 0 Å². The van der Waals surface area contributed by atoms with Crippen LogP contribution in [0.3, 0.4) is 0 Å². The fourth-order valence-electron chi connectivity index (χ4n) is 1.98. The van der Waals surface area contributed by atoms with Crippen LogP contribution in [0.5, 0.6) is 11.5 Å². The van der Waals surface area contributed by atoms with E-state index in [0.717, 1.165) is 6.42 Å². The number of hydrogen-bond acceptors (Lipinski definition) is 4. The smallest absolute Gasteiger partial charge is 0.220 e. The molecular formula is C16H19NO4. The van der Waals surface area contributed by atoms with Gasteiger partial charge in [-0.1, -0.05) is 6.08 Å². The van der Waals surface area contributed by atoms with Gasteiger partial charge in [-0.2, -0.15) is 0 Å². The summed E-state index contributed by atoms with van der Waals surface area (Å²) in [4.78, 5) is 23.6. The zero-order valence-corrected chi connectivity index (χ0v) is 11.9. The van der Waals surface area contributed by atoms with Gasteiger partial charge in [0.15, 0.2) is 17.3 Å². The molecule has 2 rings (SSSR count). The largest absolute Gasteiger partial charge is 0.490 e. The Bertz CT molecular complexity index is 539. The Kier molecular flexibility index (Phi) is 5.37. The number of fused-ring (bicyclic) bond motifs is 1. The molecule has 0 aliphatic carbocycles. The van der Waals surface area contributed by atoms with Crippen LogP contribution in [0, 0.1) is 0 Å². The second kappa shape index (κ2) is 7.47. The van der Waals surface area contributed by atoms with Crippen LogP contribution in [0.1, 0.15) is 29.6 Å². The maximum absolute atomic E-state index is 12.1. The van der Waals surface area contributed by atoms with E-state index in [1.54, 1.807) is 24.3 Å². The number of amides is 1. The van der Waals surface area contributed by atoms with Crippen LogP contribution in [-0.4, -0.2) is 31.4 Å². The Hall–Kier alpha value is -2.30. The predicted octanol–water partition coefficient (Wildman–Crippen LogP) is 2.11. The summed E-state index contributed by atoms with van der Waals surface area (Å²) in [6, 6.07) is 5.13. The molecule has 5 nitrogen and oxygen atoms in total. The van der Waals surface area contributed by atoms with Crippen molar-refractivity contribution in [3.05, 3.63) is 36.4 Å². The molecule has 1 aromatic rings. The first-order valence-electron chi connectivity index (χ1n) is 7.01. The van der Waals surface area contributed by atoms with Crippen molar-refractivity contribution in [1.82, 2.24) is 5.32 Å². The molecule has 21 heavy (non-hydrogen) atoms. The minimum Gasteiger partial charge on any atom is -0.490 e. The van der Waals surface area contributed by atoms with Crippen LogP contribution >= 0.6 is 0 Å². The van der Waals surface area contributed by atoms with Gasteiger partial charge in [0.25, 0.3) is 0 Å². The molecule has 1 heterocycles. The van der Waals surface area contributed by atoms with Crippen molar-refractivity contribution in [2.75, 3.05) is 19.8 Å². The van der Waals surface area contributed by atoms with Gasteiger partial charge in [0.2, 0.25) is 5.91 Å². The molecule has 5 heteroatoms. The number of carbonyl (C=O) groups is 2. The van der Waals surface area contributed by atoms with Gasteiger partial charge in [-0.05, 0) is 18.2 Å². The molecule has 1 aliphatic rings. The average Bonchev–Trinajstić information content (AvgIpc) is 2.74. The van der Waals surface area contributed by atoms with Crippen molar-refractivity contribution < 1.29 is 19.1 Å². The number of ether oxygens (including phenoxy) is 2. The number of Topliss-reactive ketones (excluding diaryl/α,β-unsaturated/α-hetero) is 1. The number of nitrogens with one attached hydrogen (secondary N) is 1. The monoisotopic (exact) mass is 289 g/mol. The summed E-state index contributed by atoms with van der Waals surface area (Å²) >= 11 is 0. The summed E-state index contributed by atoms with van der Waals surface area (Å²) in [7, 11) is 0. The predicted molar refractivity (Wildman–Crippen MR) is 78.8 cm³/mol. The maximum Gasteiger partial charge on any atom is 0.220 e. The molecule has 0 saturated carbocycles. The lowest BCUT2D eigenvalue weighted by Crippen LogP contribution is -2.23. The van der Waals surface area contributed by atoms with E-state index in [0.29, 0.717) is 36.8 Å². The molecular weight excluding hydrogens is 270 g/mol. The first-order valence-corrected chi connectivity index (χ1v) is 7.01. The van der Waals surface area contributed by atoms with Crippen LogP contribution in [0.15, 0.2) is 30.9 Å². The Morgan fingerprint density at radius 2 is 1.95 bits per heavy atom. The number of benzene rings is 1. The van der Waals surface area contributed by atoms with Crippen LogP contribution in [0.4, 0.5) is 0 Å². The molecule has 0 radical (unpaired) electrons. The van der Waals surface area contributed by atoms with Crippen LogP contribution < -0.4 is 14.8 Å². The lowest BCUT2D eigenvalue weighted by Gasteiger charge is -2.09. The number of ketones is 1. The van der Waals surface area contributed by atoms with Crippen LogP contribution in [-0.2, 0) is 4.79 Å². The van der Waals surface area contributed by atoms with Crippen molar-refractivity contribution in [1.29, 1.82) is 0 Å². The standard InChI is InChI=1S/C16H19NO4/c1-2-8-17-16(19)7-5-13(18)12-4-6-14-15(11-12)21-10-3-9-20-14/h2,4,6,11H,1,3,5,7-10H2,(H,17,19). The Labute approximate surface area is 123 Å². The molecule has 0 fully saturated rings.